The van der Waals surface area contributed by atoms with Crippen LogP contribution in [0.25, 0.3) is 0 Å². The van der Waals surface area contributed by atoms with Gasteiger partial charge in [0.15, 0.2) is 5.82 Å². The van der Waals surface area contributed by atoms with Gasteiger partial charge in [0.1, 0.15) is 5.82 Å². The van der Waals surface area contributed by atoms with Crippen molar-refractivity contribution in [3.63, 3.8) is 0 Å². The summed E-state index contributed by atoms with van der Waals surface area (Å²) < 4.78 is 13.1. The Bertz CT molecular complexity index is 810. The molecule has 1 aromatic heterocycles. The zero-order valence-electron chi connectivity index (χ0n) is 14.7. The molecule has 0 aliphatic carbocycles. The number of amides is 1. The molecule has 1 aromatic carbocycles. The molecule has 0 spiro atoms. The highest BCUT2D eigenvalue weighted by Crippen LogP contribution is 2.19. The summed E-state index contributed by atoms with van der Waals surface area (Å²) in [6, 6.07) is 3.65. The van der Waals surface area contributed by atoms with Crippen molar-refractivity contribution in [2.24, 2.45) is 0 Å². The molecule has 0 atom stereocenters. The summed E-state index contributed by atoms with van der Waals surface area (Å²) in [6.07, 6.45) is 2.22. The van der Waals surface area contributed by atoms with Crippen molar-refractivity contribution in [1.29, 1.82) is 0 Å². The van der Waals surface area contributed by atoms with Gasteiger partial charge in [-0.3, -0.25) is 4.79 Å². The monoisotopic (exact) mass is 378 g/mol. The van der Waals surface area contributed by atoms with Gasteiger partial charge in [-0.15, -0.1) is 0 Å². The van der Waals surface area contributed by atoms with Crippen LogP contribution in [0.2, 0.25) is 5.02 Å². The molecule has 9 heteroatoms. The molecule has 0 unspecified atom stereocenters. The second-order valence-electron chi connectivity index (χ2n) is 6.25. The van der Waals surface area contributed by atoms with Crippen molar-refractivity contribution in [1.82, 2.24) is 20.3 Å². The van der Waals surface area contributed by atoms with E-state index in [2.05, 4.69) is 25.2 Å². The Kier molecular flexibility index (Phi) is 5.51. The first kappa shape index (κ1) is 18.3. The fraction of sp³-hybridized carbons (Fsp3) is 0.412. The van der Waals surface area contributed by atoms with E-state index in [4.69, 9.17) is 11.6 Å². The molecule has 1 fully saturated rings. The highest BCUT2D eigenvalue weighted by atomic mass is 35.5. The molecule has 1 N–H and O–H groups in total. The number of hydrogen-bond donors (Lipinski definition) is 1. The normalized spacial score (nSPS) is 13.8. The Balaban J connectivity index is 1.77. The number of benzene rings is 1. The summed E-state index contributed by atoms with van der Waals surface area (Å²) in [5, 5.41) is 2.78. The third kappa shape index (κ3) is 4.19. The molecule has 138 valence electrons. The lowest BCUT2D eigenvalue weighted by atomic mass is 10.2. The van der Waals surface area contributed by atoms with Crippen LogP contribution in [-0.2, 0) is 6.54 Å². The minimum absolute atomic E-state index is 0.0601. The molecule has 2 aromatic rings. The molecule has 0 radical (unpaired) electrons. The number of anilines is 2. The second-order valence-corrected chi connectivity index (χ2v) is 6.65. The summed E-state index contributed by atoms with van der Waals surface area (Å²) in [6.45, 7) is 1.94. The summed E-state index contributed by atoms with van der Waals surface area (Å²) in [5.41, 5.74) is 0.203. The molecule has 26 heavy (non-hydrogen) atoms. The van der Waals surface area contributed by atoms with Gasteiger partial charge in [-0.05, 0) is 31.0 Å². The van der Waals surface area contributed by atoms with Crippen molar-refractivity contribution >= 4 is 29.4 Å². The Morgan fingerprint density at radius 1 is 1.27 bits per heavy atom. The van der Waals surface area contributed by atoms with E-state index >= 15 is 0 Å². The molecule has 0 saturated carbocycles. The first-order valence-corrected chi connectivity index (χ1v) is 8.72. The Morgan fingerprint density at radius 2 is 2.00 bits per heavy atom. The van der Waals surface area contributed by atoms with Crippen molar-refractivity contribution in [3.8, 4) is 0 Å². The number of rotatable bonds is 5. The smallest absolute Gasteiger partial charge is 0.253 e. The third-order valence-electron chi connectivity index (χ3n) is 4.03. The minimum Gasteiger partial charge on any atom is -0.347 e. The van der Waals surface area contributed by atoms with Crippen LogP contribution in [0.15, 0.2) is 18.2 Å². The zero-order valence-corrected chi connectivity index (χ0v) is 15.4. The van der Waals surface area contributed by atoms with Gasteiger partial charge < -0.3 is 15.1 Å². The maximum absolute atomic E-state index is 13.1. The van der Waals surface area contributed by atoms with E-state index in [9.17, 15) is 9.18 Å². The Morgan fingerprint density at radius 3 is 2.65 bits per heavy atom. The van der Waals surface area contributed by atoms with Gasteiger partial charge in [-0.25, -0.2) is 4.39 Å². The number of carbonyl (C=O) groups is 1. The predicted octanol–water partition coefficient (Wildman–Crippen LogP) is 2.26. The van der Waals surface area contributed by atoms with Crippen molar-refractivity contribution < 1.29 is 9.18 Å². The first-order valence-electron chi connectivity index (χ1n) is 8.34. The largest absolute Gasteiger partial charge is 0.347 e. The predicted molar refractivity (Wildman–Crippen MR) is 98.2 cm³/mol. The Hall–Kier alpha value is -2.48. The standard InChI is InChI=1S/C17H20ClFN6O/c1-24(2)16-21-14(22-17(23-16)25-7-3-4-8-25)10-20-15(26)12-6-5-11(19)9-13(12)18/h5-6,9H,3-4,7-8,10H2,1-2H3,(H,20,26). The molecule has 1 aliphatic rings. The average molecular weight is 379 g/mol. The van der Waals surface area contributed by atoms with E-state index < -0.39 is 11.7 Å². The van der Waals surface area contributed by atoms with Crippen LogP contribution in [0, 0.1) is 5.82 Å². The fourth-order valence-electron chi connectivity index (χ4n) is 2.66. The summed E-state index contributed by atoms with van der Waals surface area (Å²) in [7, 11) is 3.70. The highest BCUT2D eigenvalue weighted by molar-refractivity contribution is 6.33. The van der Waals surface area contributed by atoms with E-state index in [1.165, 1.54) is 12.1 Å². The molecule has 1 saturated heterocycles. The van der Waals surface area contributed by atoms with Crippen LogP contribution < -0.4 is 15.1 Å². The van der Waals surface area contributed by atoms with Gasteiger partial charge in [0.2, 0.25) is 11.9 Å². The maximum Gasteiger partial charge on any atom is 0.253 e. The van der Waals surface area contributed by atoms with Gasteiger partial charge in [-0.2, -0.15) is 15.0 Å². The molecule has 3 rings (SSSR count). The van der Waals surface area contributed by atoms with Crippen LogP contribution in [0.1, 0.15) is 29.0 Å². The van der Waals surface area contributed by atoms with E-state index in [-0.39, 0.29) is 17.1 Å². The molecular weight excluding hydrogens is 359 g/mol. The number of nitrogens with one attached hydrogen (secondary N) is 1. The number of hydrogen-bond acceptors (Lipinski definition) is 6. The lowest BCUT2D eigenvalue weighted by Gasteiger charge is -2.19. The van der Waals surface area contributed by atoms with Crippen molar-refractivity contribution in [2.45, 2.75) is 19.4 Å². The van der Waals surface area contributed by atoms with Gasteiger partial charge in [-0.1, -0.05) is 11.6 Å². The second kappa shape index (κ2) is 7.82. The molecular formula is C17H20ClFN6O. The van der Waals surface area contributed by atoms with E-state index in [1.54, 1.807) is 4.90 Å². The molecule has 7 nitrogen and oxygen atoms in total. The topological polar surface area (TPSA) is 74.2 Å². The lowest BCUT2D eigenvalue weighted by Crippen LogP contribution is -2.27. The fourth-order valence-corrected chi connectivity index (χ4v) is 2.91. The summed E-state index contributed by atoms with van der Waals surface area (Å²) >= 11 is 5.93. The molecule has 0 bridgehead atoms. The number of nitrogens with zero attached hydrogens (tertiary/aromatic N) is 5. The third-order valence-corrected chi connectivity index (χ3v) is 4.34. The van der Waals surface area contributed by atoms with Crippen LogP contribution >= 0.6 is 11.6 Å². The van der Waals surface area contributed by atoms with Crippen LogP contribution in [0.4, 0.5) is 16.3 Å². The number of aromatic nitrogens is 3. The van der Waals surface area contributed by atoms with Gasteiger partial charge in [0, 0.05) is 27.2 Å². The highest BCUT2D eigenvalue weighted by Gasteiger charge is 2.18. The maximum atomic E-state index is 13.1. The van der Waals surface area contributed by atoms with Crippen molar-refractivity contribution in [3.05, 3.63) is 40.4 Å². The Labute approximate surface area is 156 Å². The van der Waals surface area contributed by atoms with E-state index in [0.717, 1.165) is 32.0 Å². The average Bonchev–Trinajstić information content (AvgIpc) is 3.14. The SMILES string of the molecule is CN(C)c1nc(CNC(=O)c2ccc(F)cc2Cl)nc(N2CCCC2)n1. The van der Waals surface area contributed by atoms with E-state index in [0.29, 0.717) is 17.7 Å². The van der Waals surface area contributed by atoms with Crippen LogP contribution in [-0.4, -0.2) is 48.0 Å². The molecule has 2 heterocycles. The quantitative estimate of drug-likeness (QED) is 0.860. The van der Waals surface area contributed by atoms with E-state index in [1.807, 2.05) is 14.1 Å². The molecule has 1 aliphatic heterocycles. The number of carbonyl (C=O) groups excluding carboxylic acids is 1. The van der Waals surface area contributed by atoms with Gasteiger partial charge >= 0.3 is 0 Å². The van der Waals surface area contributed by atoms with Crippen LogP contribution in [0.5, 0.6) is 0 Å². The van der Waals surface area contributed by atoms with Gasteiger partial charge in [0.25, 0.3) is 5.91 Å². The first-order chi connectivity index (χ1) is 12.4. The van der Waals surface area contributed by atoms with Crippen molar-refractivity contribution in [2.75, 3.05) is 37.0 Å². The zero-order chi connectivity index (χ0) is 18.7. The molecule has 1 amide bonds. The van der Waals surface area contributed by atoms with Crippen LogP contribution in [0.3, 0.4) is 0 Å². The summed E-state index contributed by atoms with van der Waals surface area (Å²) in [4.78, 5) is 29.5. The minimum atomic E-state index is -0.491. The summed E-state index contributed by atoms with van der Waals surface area (Å²) in [5.74, 6) is 0.702. The lowest BCUT2D eigenvalue weighted by molar-refractivity contribution is 0.0950. The van der Waals surface area contributed by atoms with Gasteiger partial charge in [0.05, 0.1) is 17.1 Å². The number of halogens is 2.